The highest BCUT2D eigenvalue weighted by Gasteiger charge is 2.24. The lowest BCUT2D eigenvalue weighted by Gasteiger charge is -2.33. The summed E-state index contributed by atoms with van der Waals surface area (Å²) in [7, 11) is 0. The van der Waals surface area contributed by atoms with Crippen LogP contribution in [0.2, 0.25) is 0 Å². The van der Waals surface area contributed by atoms with Crippen LogP contribution in [0.15, 0.2) is 75.9 Å². The summed E-state index contributed by atoms with van der Waals surface area (Å²) in [5, 5.41) is 0.936. The fraction of sp³-hybridized carbons (Fsp3) is 0.192. The van der Waals surface area contributed by atoms with Crippen LogP contribution in [-0.4, -0.2) is 6.73 Å². The molecule has 4 aromatic rings. The molecule has 0 saturated carbocycles. The average Bonchev–Trinajstić information content (AvgIpc) is 2.79. The molecule has 30 heavy (non-hydrogen) atoms. The lowest BCUT2D eigenvalue weighted by Crippen LogP contribution is -2.33. The van der Waals surface area contributed by atoms with E-state index in [9.17, 15) is 4.79 Å². The van der Waals surface area contributed by atoms with Crippen molar-refractivity contribution in [2.24, 2.45) is 0 Å². The van der Waals surface area contributed by atoms with Gasteiger partial charge in [0, 0.05) is 34.8 Å². The van der Waals surface area contributed by atoms with Crippen LogP contribution in [0.4, 0.5) is 5.69 Å². The van der Waals surface area contributed by atoms with Gasteiger partial charge in [-0.05, 0) is 42.2 Å². The Labute approximate surface area is 175 Å². The number of nitrogens with zero attached hydrogens (tertiary/aromatic N) is 1. The molecule has 0 fully saturated rings. The highest BCUT2D eigenvalue weighted by molar-refractivity contribution is 5.96. The maximum Gasteiger partial charge on any atom is 0.336 e. The number of fused-ring (bicyclic) bond motifs is 2. The van der Waals surface area contributed by atoms with Crippen molar-refractivity contribution in [2.75, 3.05) is 11.6 Å². The molecule has 1 aliphatic heterocycles. The van der Waals surface area contributed by atoms with Gasteiger partial charge in [-0.15, -0.1) is 0 Å². The Balaban J connectivity index is 1.67. The maximum absolute atomic E-state index is 12.3. The van der Waals surface area contributed by atoms with Gasteiger partial charge in [0.2, 0.25) is 0 Å². The minimum Gasteiger partial charge on any atom is -0.472 e. The monoisotopic (exact) mass is 397 g/mol. The van der Waals surface area contributed by atoms with Crippen molar-refractivity contribution in [3.63, 3.8) is 0 Å². The van der Waals surface area contributed by atoms with E-state index in [2.05, 4.69) is 42.2 Å². The van der Waals surface area contributed by atoms with E-state index >= 15 is 0 Å². The summed E-state index contributed by atoms with van der Waals surface area (Å²) in [6.45, 7) is 5.35. The molecule has 150 valence electrons. The van der Waals surface area contributed by atoms with Crippen molar-refractivity contribution in [1.82, 2.24) is 0 Å². The fourth-order valence-corrected chi connectivity index (χ4v) is 4.35. The second kappa shape index (κ2) is 7.38. The van der Waals surface area contributed by atoms with E-state index in [1.165, 1.54) is 11.3 Å². The van der Waals surface area contributed by atoms with Gasteiger partial charge in [-0.2, -0.15) is 0 Å². The molecule has 0 atom stereocenters. The van der Waals surface area contributed by atoms with Crippen LogP contribution in [0.3, 0.4) is 0 Å². The number of rotatable bonds is 3. The zero-order valence-corrected chi connectivity index (χ0v) is 17.1. The van der Waals surface area contributed by atoms with Gasteiger partial charge in [0.15, 0.2) is 6.73 Å². The smallest absolute Gasteiger partial charge is 0.336 e. The summed E-state index contributed by atoms with van der Waals surface area (Å²) in [5.74, 6) is 0.820. The third kappa shape index (κ3) is 3.05. The quantitative estimate of drug-likeness (QED) is 0.417. The molecule has 4 nitrogen and oxygen atoms in total. The highest BCUT2D eigenvalue weighted by Crippen LogP contribution is 2.39. The number of anilines is 1. The van der Waals surface area contributed by atoms with Crippen molar-refractivity contribution in [1.29, 1.82) is 0 Å². The Bertz CT molecular complexity index is 1290. The Kier molecular flexibility index (Phi) is 4.55. The van der Waals surface area contributed by atoms with Gasteiger partial charge in [0.25, 0.3) is 0 Å². The summed E-state index contributed by atoms with van der Waals surface area (Å²) >= 11 is 0. The van der Waals surface area contributed by atoms with E-state index in [-0.39, 0.29) is 5.63 Å². The van der Waals surface area contributed by atoms with Crippen molar-refractivity contribution in [3.8, 4) is 16.9 Å². The second-order valence-corrected chi connectivity index (χ2v) is 7.67. The topological polar surface area (TPSA) is 42.7 Å². The van der Waals surface area contributed by atoms with Crippen LogP contribution in [0.25, 0.3) is 22.1 Å². The molecule has 4 heteroatoms. The summed E-state index contributed by atoms with van der Waals surface area (Å²) in [5.41, 5.74) is 6.62. The van der Waals surface area contributed by atoms with E-state index in [0.717, 1.165) is 46.4 Å². The molecule has 3 aromatic carbocycles. The molecule has 0 N–H and O–H groups in total. The second-order valence-electron chi connectivity index (χ2n) is 7.67. The Morgan fingerprint density at radius 2 is 1.77 bits per heavy atom. The summed E-state index contributed by atoms with van der Waals surface area (Å²) in [4.78, 5) is 14.5. The van der Waals surface area contributed by atoms with Crippen LogP contribution in [-0.2, 0) is 13.0 Å². The first-order chi connectivity index (χ1) is 14.7. The first-order valence-corrected chi connectivity index (χ1v) is 10.3. The molecule has 1 aliphatic rings. The van der Waals surface area contributed by atoms with Crippen LogP contribution in [0, 0.1) is 6.92 Å². The summed E-state index contributed by atoms with van der Waals surface area (Å²) in [6.07, 6.45) is 0.972. The molecular formula is C26H23NO3. The molecule has 0 unspecified atom stereocenters. The number of ether oxygens (including phenoxy) is 1. The molecule has 0 radical (unpaired) electrons. The Hall–Kier alpha value is -3.53. The maximum atomic E-state index is 12.3. The van der Waals surface area contributed by atoms with Gasteiger partial charge in [-0.3, -0.25) is 0 Å². The first kappa shape index (κ1) is 18.5. The first-order valence-electron chi connectivity index (χ1n) is 10.3. The standard InChI is InChI=1S/C26H23NO3/c1-3-18-9-7-8-12-23(18)27-15-20-13-22-21(19-10-5-4-6-11-19)14-24(28)30-26(22)17(2)25(20)29-16-27/h4-14H,3,15-16H2,1-2H3. The third-order valence-electron chi connectivity index (χ3n) is 5.81. The van der Waals surface area contributed by atoms with Crippen molar-refractivity contribution >= 4 is 16.7 Å². The fourth-order valence-electron chi connectivity index (χ4n) is 4.35. The zero-order valence-electron chi connectivity index (χ0n) is 17.1. The third-order valence-corrected chi connectivity index (χ3v) is 5.81. The van der Waals surface area contributed by atoms with Crippen molar-refractivity contribution in [3.05, 3.63) is 93.8 Å². The van der Waals surface area contributed by atoms with Gasteiger partial charge in [-0.1, -0.05) is 55.5 Å². The van der Waals surface area contributed by atoms with E-state index in [4.69, 9.17) is 9.15 Å². The van der Waals surface area contributed by atoms with Gasteiger partial charge >= 0.3 is 5.63 Å². The largest absolute Gasteiger partial charge is 0.472 e. The lowest BCUT2D eigenvalue weighted by molar-refractivity contribution is 0.287. The Morgan fingerprint density at radius 3 is 2.57 bits per heavy atom. The molecule has 2 heterocycles. The average molecular weight is 397 g/mol. The molecule has 1 aromatic heterocycles. The van der Waals surface area contributed by atoms with Gasteiger partial charge in [0.05, 0.1) is 0 Å². The summed E-state index contributed by atoms with van der Waals surface area (Å²) < 4.78 is 11.8. The molecule has 0 saturated heterocycles. The summed E-state index contributed by atoms with van der Waals surface area (Å²) in [6, 6.07) is 22.1. The van der Waals surface area contributed by atoms with Crippen molar-refractivity contribution < 1.29 is 9.15 Å². The number of hydrogen-bond acceptors (Lipinski definition) is 4. The van der Waals surface area contributed by atoms with Crippen LogP contribution in [0.5, 0.6) is 5.75 Å². The van der Waals surface area contributed by atoms with Gasteiger partial charge in [-0.25, -0.2) is 4.79 Å². The molecular weight excluding hydrogens is 374 g/mol. The highest BCUT2D eigenvalue weighted by atomic mass is 16.5. The molecule has 0 amide bonds. The number of para-hydroxylation sites is 1. The van der Waals surface area contributed by atoms with Gasteiger partial charge < -0.3 is 14.1 Å². The zero-order chi connectivity index (χ0) is 20.7. The number of benzene rings is 3. The molecule has 0 bridgehead atoms. The molecule has 0 spiro atoms. The SMILES string of the molecule is CCc1ccccc1N1COc2c(cc3c(-c4ccccc4)cc(=O)oc3c2C)C1. The minimum absolute atomic E-state index is 0.348. The normalized spacial score (nSPS) is 13.2. The van der Waals surface area contributed by atoms with Crippen LogP contribution < -0.4 is 15.3 Å². The predicted molar refractivity (Wildman–Crippen MR) is 120 cm³/mol. The Morgan fingerprint density at radius 1 is 1.00 bits per heavy atom. The molecule has 0 aliphatic carbocycles. The van der Waals surface area contributed by atoms with E-state index in [1.807, 2.05) is 37.3 Å². The van der Waals surface area contributed by atoms with Crippen molar-refractivity contribution in [2.45, 2.75) is 26.8 Å². The number of aryl methyl sites for hydroxylation is 2. The van der Waals surface area contributed by atoms with E-state index in [1.54, 1.807) is 6.07 Å². The van der Waals surface area contributed by atoms with E-state index in [0.29, 0.717) is 12.3 Å². The minimum atomic E-state index is -0.348. The van der Waals surface area contributed by atoms with Crippen LogP contribution in [0.1, 0.15) is 23.6 Å². The number of hydrogen-bond donors (Lipinski definition) is 0. The lowest BCUT2D eigenvalue weighted by atomic mass is 9.96. The van der Waals surface area contributed by atoms with Gasteiger partial charge in [0.1, 0.15) is 11.3 Å². The molecule has 5 rings (SSSR count). The predicted octanol–water partition coefficient (Wildman–Crippen LogP) is 5.69. The van der Waals surface area contributed by atoms with E-state index < -0.39 is 0 Å². The van der Waals surface area contributed by atoms with Crippen LogP contribution >= 0.6 is 0 Å².